The molecule has 0 aliphatic heterocycles. The van der Waals surface area contributed by atoms with Gasteiger partial charge in [-0.2, -0.15) is 0 Å². The molecule has 0 aromatic rings. The van der Waals surface area contributed by atoms with Crippen molar-refractivity contribution in [3.05, 3.63) is 49.2 Å². The van der Waals surface area contributed by atoms with Crippen molar-refractivity contribution in [2.75, 3.05) is 0 Å². The molecule has 2 N–H and O–H groups in total. The zero-order valence-corrected chi connectivity index (χ0v) is 5.38. The van der Waals surface area contributed by atoms with Gasteiger partial charge in [0.1, 0.15) is 0 Å². The number of hydrogen-bond donors (Lipinski definition) is 1. The van der Waals surface area contributed by atoms with Gasteiger partial charge in [0.05, 0.1) is 0 Å². The molecule has 0 unspecified atom stereocenters. The molecule has 0 heterocycles. The molecular formula is C8H11N. The zero-order valence-electron chi connectivity index (χ0n) is 5.38. The van der Waals surface area contributed by atoms with Crippen LogP contribution < -0.4 is 5.73 Å². The Morgan fingerprint density at radius 3 is 2.33 bits per heavy atom. The summed E-state index contributed by atoms with van der Waals surface area (Å²) in [7, 11) is 0. The van der Waals surface area contributed by atoms with E-state index >= 15 is 0 Å². The van der Waals surface area contributed by atoms with E-state index in [0.717, 1.165) is 0 Å². The standard InChI is InChI=1S/C8H11N/c1-3-5-6-7-8(9)4-2/h3-7H,1-2,9H2/b6-5+,8-7+. The molecule has 9 heavy (non-hydrogen) atoms. The highest BCUT2D eigenvalue weighted by Gasteiger charge is 1.71. The van der Waals surface area contributed by atoms with E-state index in [9.17, 15) is 0 Å². The second-order valence-corrected chi connectivity index (χ2v) is 1.49. The minimum Gasteiger partial charge on any atom is -0.399 e. The molecule has 0 atom stereocenters. The Bertz CT molecular complexity index is 152. The molecule has 48 valence electrons. The number of hydrogen-bond acceptors (Lipinski definition) is 1. The predicted octanol–water partition coefficient (Wildman–Crippen LogP) is 1.76. The molecular weight excluding hydrogens is 110 g/mol. The van der Waals surface area contributed by atoms with Gasteiger partial charge < -0.3 is 5.73 Å². The molecule has 0 saturated heterocycles. The van der Waals surface area contributed by atoms with Crippen LogP contribution >= 0.6 is 0 Å². The maximum atomic E-state index is 5.37. The van der Waals surface area contributed by atoms with Gasteiger partial charge in [0.15, 0.2) is 0 Å². The molecule has 0 rings (SSSR count). The highest BCUT2D eigenvalue weighted by Crippen LogP contribution is 1.84. The Morgan fingerprint density at radius 2 is 1.89 bits per heavy atom. The minimum absolute atomic E-state index is 0.660. The van der Waals surface area contributed by atoms with Crippen molar-refractivity contribution in [1.82, 2.24) is 0 Å². The lowest BCUT2D eigenvalue weighted by Gasteiger charge is -1.83. The lowest BCUT2D eigenvalue weighted by atomic mass is 10.4. The van der Waals surface area contributed by atoms with Gasteiger partial charge in [-0.3, -0.25) is 0 Å². The van der Waals surface area contributed by atoms with E-state index in [1.807, 2.05) is 6.08 Å². The van der Waals surface area contributed by atoms with Gasteiger partial charge in [0.25, 0.3) is 0 Å². The summed E-state index contributed by atoms with van der Waals surface area (Å²) in [6.07, 6.45) is 8.65. The fourth-order valence-electron chi connectivity index (χ4n) is 0.313. The van der Waals surface area contributed by atoms with Crippen LogP contribution in [0.15, 0.2) is 49.2 Å². The van der Waals surface area contributed by atoms with E-state index < -0.39 is 0 Å². The smallest absolute Gasteiger partial charge is 0.0308 e. The first-order chi connectivity index (χ1) is 4.31. The van der Waals surface area contributed by atoms with Crippen molar-refractivity contribution in [3.8, 4) is 0 Å². The average molecular weight is 121 g/mol. The van der Waals surface area contributed by atoms with E-state index in [1.165, 1.54) is 0 Å². The topological polar surface area (TPSA) is 26.0 Å². The Kier molecular flexibility index (Phi) is 4.23. The normalized spacial score (nSPS) is 11.8. The Hall–Kier alpha value is -1.24. The summed E-state index contributed by atoms with van der Waals surface area (Å²) in [5.41, 5.74) is 6.03. The molecule has 1 heteroatoms. The second-order valence-electron chi connectivity index (χ2n) is 1.49. The van der Waals surface area contributed by atoms with E-state index in [1.54, 1.807) is 24.3 Å². The van der Waals surface area contributed by atoms with Gasteiger partial charge in [-0.05, 0) is 12.2 Å². The SMILES string of the molecule is C=C/C=C/C=C(/N)C=C. The van der Waals surface area contributed by atoms with Crippen molar-refractivity contribution in [1.29, 1.82) is 0 Å². The average Bonchev–Trinajstić information content (AvgIpc) is 1.89. The molecule has 0 aromatic carbocycles. The molecule has 1 nitrogen and oxygen atoms in total. The van der Waals surface area contributed by atoms with Crippen LogP contribution in [0.4, 0.5) is 0 Å². The summed E-state index contributed by atoms with van der Waals surface area (Å²) in [5, 5.41) is 0. The summed E-state index contributed by atoms with van der Waals surface area (Å²) >= 11 is 0. The summed E-state index contributed by atoms with van der Waals surface area (Å²) in [4.78, 5) is 0. The van der Waals surface area contributed by atoms with Crippen molar-refractivity contribution < 1.29 is 0 Å². The highest BCUT2D eigenvalue weighted by molar-refractivity contribution is 5.20. The van der Waals surface area contributed by atoms with E-state index in [4.69, 9.17) is 5.73 Å². The van der Waals surface area contributed by atoms with Crippen LogP contribution in [0.25, 0.3) is 0 Å². The fraction of sp³-hybridized carbons (Fsp3) is 0. The van der Waals surface area contributed by atoms with Crippen molar-refractivity contribution in [2.45, 2.75) is 0 Å². The van der Waals surface area contributed by atoms with Crippen LogP contribution in [0.3, 0.4) is 0 Å². The monoisotopic (exact) mass is 121 g/mol. The zero-order chi connectivity index (χ0) is 7.11. The van der Waals surface area contributed by atoms with Crippen molar-refractivity contribution in [2.24, 2.45) is 5.73 Å². The second kappa shape index (κ2) is 4.91. The van der Waals surface area contributed by atoms with Crippen molar-refractivity contribution >= 4 is 0 Å². The predicted molar refractivity (Wildman–Crippen MR) is 41.8 cm³/mol. The van der Waals surface area contributed by atoms with Crippen LogP contribution in [0, 0.1) is 0 Å². The number of allylic oxidation sites excluding steroid dienone is 5. The van der Waals surface area contributed by atoms with Gasteiger partial charge in [0, 0.05) is 5.70 Å². The van der Waals surface area contributed by atoms with Crippen LogP contribution in [0.1, 0.15) is 0 Å². The van der Waals surface area contributed by atoms with Gasteiger partial charge in [-0.1, -0.05) is 31.4 Å². The van der Waals surface area contributed by atoms with Crippen LogP contribution in [-0.2, 0) is 0 Å². The van der Waals surface area contributed by atoms with Crippen LogP contribution in [-0.4, -0.2) is 0 Å². The third-order valence-corrected chi connectivity index (χ3v) is 0.772. The first-order valence-electron chi connectivity index (χ1n) is 2.68. The highest BCUT2D eigenvalue weighted by atomic mass is 14.5. The third-order valence-electron chi connectivity index (χ3n) is 0.772. The van der Waals surface area contributed by atoms with E-state index in [-0.39, 0.29) is 0 Å². The first kappa shape index (κ1) is 7.76. The molecule has 0 aromatic heterocycles. The minimum atomic E-state index is 0.660. The number of rotatable bonds is 3. The molecule has 0 aliphatic carbocycles. The summed E-state index contributed by atoms with van der Waals surface area (Å²) in [6, 6.07) is 0. The summed E-state index contributed by atoms with van der Waals surface area (Å²) < 4.78 is 0. The van der Waals surface area contributed by atoms with Gasteiger partial charge in [0.2, 0.25) is 0 Å². The molecule has 0 bridgehead atoms. The lowest BCUT2D eigenvalue weighted by Crippen LogP contribution is -1.89. The number of nitrogens with two attached hydrogens (primary N) is 1. The quantitative estimate of drug-likeness (QED) is 0.566. The van der Waals surface area contributed by atoms with E-state index in [0.29, 0.717) is 5.70 Å². The largest absolute Gasteiger partial charge is 0.399 e. The molecule has 0 aliphatic rings. The Labute approximate surface area is 55.9 Å². The van der Waals surface area contributed by atoms with Crippen LogP contribution in [0.5, 0.6) is 0 Å². The molecule has 0 fully saturated rings. The molecule has 0 spiro atoms. The fourth-order valence-corrected chi connectivity index (χ4v) is 0.313. The lowest BCUT2D eigenvalue weighted by molar-refractivity contribution is 1.43. The van der Waals surface area contributed by atoms with Crippen LogP contribution in [0.2, 0.25) is 0 Å². The van der Waals surface area contributed by atoms with Gasteiger partial charge in [-0.25, -0.2) is 0 Å². The van der Waals surface area contributed by atoms with Gasteiger partial charge in [-0.15, -0.1) is 0 Å². The molecule has 0 saturated carbocycles. The third kappa shape index (κ3) is 4.62. The summed E-state index contributed by atoms with van der Waals surface area (Å²) in [5.74, 6) is 0. The van der Waals surface area contributed by atoms with Gasteiger partial charge >= 0.3 is 0 Å². The maximum Gasteiger partial charge on any atom is 0.0308 e. The molecule has 0 amide bonds. The first-order valence-corrected chi connectivity index (χ1v) is 2.68. The van der Waals surface area contributed by atoms with E-state index in [2.05, 4.69) is 13.2 Å². The molecule has 0 radical (unpaired) electrons. The van der Waals surface area contributed by atoms with Crippen molar-refractivity contribution in [3.63, 3.8) is 0 Å². The Morgan fingerprint density at radius 1 is 1.22 bits per heavy atom. The Balaban J connectivity index is 3.81. The maximum absolute atomic E-state index is 5.37. The summed E-state index contributed by atoms with van der Waals surface area (Å²) in [6.45, 7) is 6.99.